The Morgan fingerprint density at radius 1 is 1.11 bits per heavy atom. The largest absolute Gasteiger partial charge is 0.416 e. The third-order valence-electron chi connectivity index (χ3n) is 4.92. The van der Waals surface area contributed by atoms with Crippen molar-refractivity contribution < 1.29 is 13.2 Å². The van der Waals surface area contributed by atoms with Crippen molar-refractivity contribution in [2.24, 2.45) is 0 Å². The monoisotopic (exact) mass is 395 g/mol. The standard InChI is InChI=1S/C22H24F3N.ClH/c1-16(20-13-5-10-18-9-2-3-12-21(18)20)26-14-6-8-17-7-4-11-19(15-17)22(23,24)25;/h2,4-5,7,9-11,13,15-16,26H,3,6,8,12,14H2,1H3;1H. The fourth-order valence-corrected chi connectivity index (χ4v) is 3.54. The number of alkyl halides is 3. The van der Waals surface area contributed by atoms with Gasteiger partial charge >= 0.3 is 6.18 Å². The van der Waals surface area contributed by atoms with Gasteiger partial charge in [-0.05, 0) is 67.5 Å². The van der Waals surface area contributed by atoms with Gasteiger partial charge in [0.1, 0.15) is 0 Å². The molecule has 1 nitrogen and oxygen atoms in total. The van der Waals surface area contributed by atoms with E-state index in [-0.39, 0.29) is 18.4 Å². The predicted molar refractivity (Wildman–Crippen MR) is 107 cm³/mol. The highest BCUT2D eigenvalue weighted by Crippen LogP contribution is 2.30. The summed E-state index contributed by atoms with van der Waals surface area (Å²) in [4.78, 5) is 0. The molecular formula is C22H25ClF3N. The first-order chi connectivity index (χ1) is 12.4. The van der Waals surface area contributed by atoms with E-state index in [4.69, 9.17) is 0 Å². The third-order valence-corrected chi connectivity index (χ3v) is 4.92. The Kier molecular flexibility index (Phi) is 7.51. The molecule has 2 aromatic rings. The lowest BCUT2D eigenvalue weighted by Crippen LogP contribution is -2.22. The summed E-state index contributed by atoms with van der Waals surface area (Å²) in [6.07, 6.45) is 3.70. The van der Waals surface area contributed by atoms with Crippen molar-refractivity contribution >= 4 is 18.5 Å². The Balaban J connectivity index is 0.00000261. The molecule has 1 atom stereocenters. The fourth-order valence-electron chi connectivity index (χ4n) is 3.54. The van der Waals surface area contributed by atoms with Crippen molar-refractivity contribution in [1.82, 2.24) is 5.32 Å². The van der Waals surface area contributed by atoms with E-state index in [1.807, 2.05) is 0 Å². The van der Waals surface area contributed by atoms with Crippen LogP contribution in [0.1, 0.15) is 53.6 Å². The normalized spacial score (nSPS) is 14.4. The van der Waals surface area contributed by atoms with Crippen molar-refractivity contribution in [3.63, 3.8) is 0 Å². The van der Waals surface area contributed by atoms with Crippen LogP contribution in [0, 0.1) is 0 Å². The molecule has 0 amide bonds. The van der Waals surface area contributed by atoms with Gasteiger partial charge in [-0.2, -0.15) is 13.2 Å². The lowest BCUT2D eigenvalue weighted by atomic mass is 9.90. The average molecular weight is 396 g/mol. The number of aryl methyl sites for hydroxylation is 1. The minimum atomic E-state index is -4.27. The van der Waals surface area contributed by atoms with Crippen molar-refractivity contribution in [3.8, 4) is 0 Å². The van der Waals surface area contributed by atoms with Crippen LogP contribution in [0.25, 0.3) is 6.08 Å². The SMILES string of the molecule is CC(NCCCc1cccc(C(F)(F)F)c1)c1cccc2c1CCC=C2.Cl. The Bertz CT molecular complexity index is 783. The Hall–Kier alpha value is -1.78. The number of benzene rings is 2. The maximum absolute atomic E-state index is 12.8. The number of halogens is 4. The van der Waals surface area contributed by atoms with Gasteiger partial charge in [-0.1, -0.05) is 48.6 Å². The van der Waals surface area contributed by atoms with E-state index >= 15 is 0 Å². The third kappa shape index (κ3) is 5.60. The Morgan fingerprint density at radius 2 is 1.89 bits per heavy atom. The zero-order valence-corrected chi connectivity index (χ0v) is 16.2. The van der Waals surface area contributed by atoms with Gasteiger partial charge in [0.2, 0.25) is 0 Å². The summed E-state index contributed by atoms with van der Waals surface area (Å²) in [6.45, 7) is 2.93. The van der Waals surface area contributed by atoms with Crippen LogP contribution >= 0.6 is 12.4 Å². The first kappa shape index (κ1) is 21.5. The molecule has 2 aromatic carbocycles. The minimum Gasteiger partial charge on any atom is -0.310 e. The van der Waals surface area contributed by atoms with Crippen LogP contribution in [0.3, 0.4) is 0 Å². The number of hydrogen-bond acceptors (Lipinski definition) is 1. The summed E-state index contributed by atoms with van der Waals surface area (Å²) in [5.74, 6) is 0. The van der Waals surface area contributed by atoms with Crippen molar-refractivity contribution in [1.29, 1.82) is 0 Å². The smallest absolute Gasteiger partial charge is 0.310 e. The molecule has 1 unspecified atom stereocenters. The molecule has 0 saturated carbocycles. The topological polar surface area (TPSA) is 12.0 Å². The number of hydrogen-bond donors (Lipinski definition) is 1. The molecule has 3 rings (SSSR count). The Labute approximate surface area is 165 Å². The molecule has 146 valence electrons. The maximum Gasteiger partial charge on any atom is 0.416 e. The van der Waals surface area contributed by atoms with E-state index in [0.29, 0.717) is 6.42 Å². The van der Waals surface area contributed by atoms with Gasteiger partial charge in [-0.3, -0.25) is 0 Å². The van der Waals surface area contributed by atoms with Gasteiger partial charge in [-0.15, -0.1) is 12.4 Å². The van der Waals surface area contributed by atoms with Crippen LogP contribution in [-0.4, -0.2) is 6.54 Å². The number of nitrogens with one attached hydrogen (secondary N) is 1. The first-order valence-corrected chi connectivity index (χ1v) is 9.13. The van der Waals surface area contributed by atoms with Gasteiger partial charge < -0.3 is 5.32 Å². The zero-order valence-electron chi connectivity index (χ0n) is 15.4. The van der Waals surface area contributed by atoms with Crippen LogP contribution in [0.15, 0.2) is 48.5 Å². The first-order valence-electron chi connectivity index (χ1n) is 9.13. The maximum atomic E-state index is 12.8. The fraction of sp³-hybridized carbons (Fsp3) is 0.364. The summed E-state index contributed by atoms with van der Waals surface area (Å²) < 4.78 is 38.3. The van der Waals surface area contributed by atoms with E-state index < -0.39 is 11.7 Å². The molecule has 27 heavy (non-hydrogen) atoms. The second kappa shape index (κ2) is 9.43. The lowest BCUT2D eigenvalue weighted by Gasteiger charge is -2.21. The van der Waals surface area contributed by atoms with Gasteiger partial charge in [-0.25, -0.2) is 0 Å². The summed E-state index contributed by atoms with van der Waals surface area (Å²) in [5, 5.41) is 3.52. The van der Waals surface area contributed by atoms with Crippen LogP contribution in [0.4, 0.5) is 13.2 Å². The van der Waals surface area contributed by atoms with Gasteiger partial charge in [0.15, 0.2) is 0 Å². The molecule has 0 spiro atoms. The van der Waals surface area contributed by atoms with E-state index in [2.05, 4.69) is 42.6 Å². The summed E-state index contributed by atoms with van der Waals surface area (Å²) in [6, 6.07) is 12.3. The van der Waals surface area contributed by atoms with Gasteiger partial charge in [0.25, 0.3) is 0 Å². The van der Waals surface area contributed by atoms with Crippen LogP contribution in [0.2, 0.25) is 0 Å². The molecule has 0 aromatic heterocycles. The molecule has 1 N–H and O–H groups in total. The van der Waals surface area contributed by atoms with Gasteiger partial charge in [0.05, 0.1) is 5.56 Å². The molecular weight excluding hydrogens is 371 g/mol. The van der Waals surface area contributed by atoms with E-state index in [1.165, 1.54) is 28.8 Å². The van der Waals surface area contributed by atoms with Crippen molar-refractivity contribution in [3.05, 3.63) is 76.4 Å². The highest BCUT2D eigenvalue weighted by molar-refractivity contribution is 5.85. The second-order valence-corrected chi connectivity index (χ2v) is 6.83. The van der Waals surface area contributed by atoms with Crippen molar-refractivity contribution in [2.75, 3.05) is 6.54 Å². The molecule has 0 bridgehead atoms. The molecule has 1 aliphatic rings. The molecule has 0 saturated heterocycles. The van der Waals surface area contributed by atoms with Crippen LogP contribution < -0.4 is 5.32 Å². The van der Waals surface area contributed by atoms with E-state index in [0.717, 1.165) is 37.4 Å². The molecule has 0 heterocycles. The summed E-state index contributed by atoms with van der Waals surface area (Å²) >= 11 is 0. The zero-order chi connectivity index (χ0) is 18.6. The minimum absolute atomic E-state index is 0. The summed E-state index contributed by atoms with van der Waals surface area (Å²) in [5.41, 5.74) is 4.20. The van der Waals surface area contributed by atoms with Crippen molar-refractivity contribution in [2.45, 2.75) is 44.8 Å². The molecule has 0 radical (unpaired) electrons. The summed E-state index contributed by atoms with van der Waals surface area (Å²) in [7, 11) is 0. The second-order valence-electron chi connectivity index (χ2n) is 6.83. The number of fused-ring (bicyclic) bond motifs is 1. The predicted octanol–water partition coefficient (Wildman–Crippen LogP) is 6.37. The molecule has 1 aliphatic carbocycles. The Morgan fingerprint density at radius 3 is 2.67 bits per heavy atom. The van der Waals surface area contributed by atoms with Gasteiger partial charge in [0, 0.05) is 6.04 Å². The quantitative estimate of drug-likeness (QED) is 0.560. The number of rotatable bonds is 6. The molecule has 0 aliphatic heterocycles. The van der Waals surface area contributed by atoms with Crippen LogP contribution in [-0.2, 0) is 19.0 Å². The molecule has 0 fully saturated rings. The van der Waals surface area contributed by atoms with Crippen LogP contribution in [0.5, 0.6) is 0 Å². The lowest BCUT2D eigenvalue weighted by molar-refractivity contribution is -0.137. The van der Waals surface area contributed by atoms with E-state index in [1.54, 1.807) is 6.07 Å². The number of allylic oxidation sites excluding steroid dienone is 1. The average Bonchev–Trinajstić information content (AvgIpc) is 2.64. The van der Waals surface area contributed by atoms with E-state index in [9.17, 15) is 13.2 Å². The molecule has 5 heteroatoms. The highest BCUT2D eigenvalue weighted by atomic mass is 35.5. The highest BCUT2D eigenvalue weighted by Gasteiger charge is 2.30.